The van der Waals surface area contributed by atoms with Gasteiger partial charge in [0.2, 0.25) is 0 Å². The third kappa shape index (κ3) is 4.33. The first-order chi connectivity index (χ1) is 18.0. The molecule has 0 aliphatic heterocycles. The van der Waals surface area contributed by atoms with Crippen LogP contribution in [0.4, 0.5) is 8.78 Å². The molecule has 2 aromatic carbocycles. The van der Waals surface area contributed by atoms with Crippen molar-refractivity contribution in [2.75, 3.05) is 6.61 Å². The summed E-state index contributed by atoms with van der Waals surface area (Å²) in [6, 6.07) is 16.8. The summed E-state index contributed by atoms with van der Waals surface area (Å²) in [6.45, 7) is 4.79. The number of thiophene rings is 1. The quantitative estimate of drug-likeness (QED) is 0.232. The van der Waals surface area contributed by atoms with Gasteiger partial charge in [0.05, 0.1) is 12.1 Å². The number of pyridine rings is 1. The van der Waals surface area contributed by atoms with Gasteiger partial charge in [-0.2, -0.15) is 0 Å². The molecule has 0 aliphatic rings. The molecule has 0 radical (unpaired) electrons. The lowest BCUT2D eigenvalue weighted by Gasteiger charge is -2.08. The average molecular weight is 518 g/mol. The first kappa shape index (κ1) is 23.2. The van der Waals surface area contributed by atoms with Crippen LogP contribution in [0.5, 0.6) is 11.5 Å². The number of hydrogen-bond donors (Lipinski definition) is 0. The van der Waals surface area contributed by atoms with E-state index in [9.17, 15) is 8.78 Å². The van der Waals surface area contributed by atoms with Crippen LogP contribution < -0.4 is 9.47 Å². The van der Waals surface area contributed by atoms with Gasteiger partial charge in [0.15, 0.2) is 11.5 Å². The maximum atomic E-state index is 13.3. The predicted octanol–water partition coefficient (Wildman–Crippen LogP) is 6.78. The van der Waals surface area contributed by atoms with E-state index in [1.54, 1.807) is 17.8 Å². The van der Waals surface area contributed by atoms with E-state index in [4.69, 9.17) is 14.5 Å². The van der Waals surface area contributed by atoms with Gasteiger partial charge < -0.3 is 9.47 Å². The Kier molecular flexibility index (Phi) is 5.88. The minimum absolute atomic E-state index is 0.235. The first-order valence-corrected chi connectivity index (χ1v) is 12.5. The molecule has 37 heavy (non-hydrogen) atoms. The molecule has 0 amide bonds. The number of rotatable bonds is 7. The third-order valence-corrected chi connectivity index (χ3v) is 7.03. The van der Waals surface area contributed by atoms with Gasteiger partial charge in [0, 0.05) is 10.9 Å². The van der Waals surface area contributed by atoms with E-state index < -0.39 is 6.43 Å². The normalized spacial score (nSPS) is 11.7. The molecular weight excluding hydrogens is 496 g/mol. The molecule has 4 aromatic heterocycles. The molecular formula is C27H21F2N5O2S. The van der Waals surface area contributed by atoms with E-state index >= 15 is 0 Å². The SMILES string of the molecule is CCOc1ccc(OCc2ccc(-c3nc4c5sc6nc(C(F)F)cc(C)c6c5ncn4n3)cc2)cc1. The van der Waals surface area contributed by atoms with Crippen molar-refractivity contribution in [3.8, 4) is 22.9 Å². The lowest BCUT2D eigenvalue weighted by molar-refractivity contribution is 0.146. The predicted molar refractivity (Wildman–Crippen MR) is 139 cm³/mol. The van der Waals surface area contributed by atoms with Gasteiger partial charge in [0.1, 0.15) is 39.7 Å². The van der Waals surface area contributed by atoms with Gasteiger partial charge in [0.25, 0.3) is 6.43 Å². The zero-order valence-corrected chi connectivity index (χ0v) is 20.8. The summed E-state index contributed by atoms with van der Waals surface area (Å²) >= 11 is 1.30. The topological polar surface area (TPSA) is 74.4 Å². The summed E-state index contributed by atoms with van der Waals surface area (Å²) in [4.78, 5) is 14.0. The Labute approximate surface area is 214 Å². The molecule has 186 valence electrons. The Morgan fingerprint density at radius 2 is 1.70 bits per heavy atom. The fraction of sp³-hybridized carbons (Fsp3) is 0.185. The molecule has 6 rings (SSSR count). The fourth-order valence-corrected chi connectivity index (χ4v) is 5.37. The number of halogens is 2. The molecule has 7 nitrogen and oxygen atoms in total. The van der Waals surface area contributed by atoms with Crippen molar-refractivity contribution < 1.29 is 18.3 Å². The highest BCUT2D eigenvalue weighted by atomic mass is 32.1. The molecule has 0 spiro atoms. The summed E-state index contributed by atoms with van der Waals surface area (Å²) < 4.78 is 40.2. The number of hydrogen-bond acceptors (Lipinski definition) is 7. The summed E-state index contributed by atoms with van der Waals surface area (Å²) in [5.41, 5.74) is 3.64. The van der Waals surface area contributed by atoms with Crippen LogP contribution in [0.3, 0.4) is 0 Å². The Morgan fingerprint density at radius 1 is 0.973 bits per heavy atom. The second kappa shape index (κ2) is 9.36. The fourth-order valence-electron chi connectivity index (χ4n) is 4.18. The molecule has 0 unspecified atom stereocenters. The van der Waals surface area contributed by atoms with Crippen molar-refractivity contribution >= 4 is 37.4 Å². The molecule has 4 heterocycles. The molecule has 6 aromatic rings. The van der Waals surface area contributed by atoms with Crippen LogP contribution in [0.15, 0.2) is 60.9 Å². The maximum absolute atomic E-state index is 13.3. The summed E-state index contributed by atoms with van der Waals surface area (Å²) in [5, 5.41) is 5.36. The van der Waals surface area contributed by atoms with Gasteiger partial charge in [-0.15, -0.1) is 16.4 Å². The molecule has 0 saturated heterocycles. The zero-order chi connectivity index (χ0) is 25.5. The van der Waals surface area contributed by atoms with E-state index in [1.807, 2.05) is 55.5 Å². The highest BCUT2D eigenvalue weighted by Gasteiger charge is 2.19. The van der Waals surface area contributed by atoms with E-state index in [0.717, 1.165) is 32.7 Å². The van der Waals surface area contributed by atoms with E-state index in [1.165, 1.54) is 17.4 Å². The Balaban J connectivity index is 1.27. The van der Waals surface area contributed by atoms with Crippen LogP contribution in [-0.4, -0.2) is 31.2 Å². The number of aryl methyl sites for hydroxylation is 1. The van der Waals surface area contributed by atoms with Crippen LogP contribution in [0, 0.1) is 6.92 Å². The van der Waals surface area contributed by atoms with Gasteiger partial charge >= 0.3 is 0 Å². The van der Waals surface area contributed by atoms with Crippen LogP contribution in [-0.2, 0) is 6.61 Å². The molecule has 0 bridgehead atoms. The molecule has 0 atom stereocenters. The van der Waals surface area contributed by atoms with Crippen LogP contribution in [0.25, 0.3) is 37.5 Å². The Hall–Kier alpha value is -4.18. The highest BCUT2D eigenvalue weighted by Crippen LogP contribution is 2.37. The first-order valence-electron chi connectivity index (χ1n) is 11.7. The molecule has 10 heteroatoms. The second-order valence-corrected chi connectivity index (χ2v) is 9.46. The lowest BCUT2D eigenvalue weighted by atomic mass is 10.1. The summed E-state index contributed by atoms with van der Waals surface area (Å²) in [5.74, 6) is 2.12. The van der Waals surface area contributed by atoms with Gasteiger partial charge in [-0.3, -0.25) is 0 Å². The van der Waals surface area contributed by atoms with Crippen molar-refractivity contribution in [3.05, 3.63) is 77.7 Å². The van der Waals surface area contributed by atoms with Crippen molar-refractivity contribution in [2.24, 2.45) is 0 Å². The third-order valence-electron chi connectivity index (χ3n) is 5.96. The largest absolute Gasteiger partial charge is 0.494 e. The van der Waals surface area contributed by atoms with Crippen molar-refractivity contribution in [2.45, 2.75) is 26.9 Å². The molecule has 0 saturated carbocycles. The summed E-state index contributed by atoms with van der Waals surface area (Å²) in [6.07, 6.45) is -1.03. The van der Waals surface area contributed by atoms with Gasteiger partial charge in [-0.25, -0.2) is 28.2 Å². The van der Waals surface area contributed by atoms with E-state index in [2.05, 4.69) is 15.1 Å². The Bertz CT molecular complexity index is 1730. The molecule has 0 N–H and O–H groups in total. The van der Waals surface area contributed by atoms with Crippen LogP contribution in [0.1, 0.15) is 30.2 Å². The zero-order valence-electron chi connectivity index (χ0n) is 20.0. The number of alkyl halides is 2. The van der Waals surface area contributed by atoms with Gasteiger partial charge in [-0.1, -0.05) is 24.3 Å². The van der Waals surface area contributed by atoms with E-state index in [-0.39, 0.29) is 5.69 Å². The smallest absolute Gasteiger partial charge is 0.280 e. The lowest BCUT2D eigenvalue weighted by Crippen LogP contribution is -1.96. The molecule has 0 fully saturated rings. The number of fused-ring (bicyclic) bond motifs is 5. The maximum Gasteiger partial charge on any atom is 0.280 e. The average Bonchev–Trinajstić information content (AvgIpc) is 3.50. The number of aromatic nitrogens is 5. The minimum Gasteiger partial charge on any atom is -0.494 e. The number of nitrogens with zero attached hydrogens (tertiary/aromatic N) is 5. The monoisotopic (exact) mass is 517 g/mol. The standard InChI is InChI=1S/C27H21F2N5O2S/c1-3-35-18-8-10-19(11-9-18)36-13-16-4-6-17(7-5-16)25-32-26-23-22(30-14-34(26)33-25)21-15(2)12-20(24(28)29)31-27(21)37-23/h4-12,14,24H,3,13H2,1-2H3. The van der Waals surface area contributed by atoms with Gasteiger partial charge in [-0.05, 0) is 55.3 Å². The van der Waals surface area contributed by atoms with Crippen LogP contribution in [0.2, 0.25) is 0 Å². The molecule has 0 aliphatic carbocycles. The number of benzene rings is 2. The Morgan fingerprint density at radius 3 is 2.41 bits per heavy atom. The van der Waals surface area contributed by atoms with Crippen LogP contribution >= 0.6 is 11.3 Å². The van der Waals surface area contributed by atoms with Crippen molar-refractivity contribution in [1.82, 2.24) is 24.6 Å². The number of ether oxygens (including phenoxy) is 2. The minimum atomic E-state index is -2.63. The summed E-state index contributed by atoms with van der Waals surface area (Å²) in [7, 11) is 0. The second-order valence-electron chi connectivity index (χ2n) is 8.46. The highest BCUT2D eigenvalue weighted by molar-refractivity contribution is 7.26. The van der Waals surface area contributed by atoms with Crippen molar-refractivity contribution in [3.63, 3.8) is 0 Å². The van der Waals surface area contributed by atoms with Crippen molar-refractivity contribution in [1.29, 1.82) is 0 Å². The van der Waals surface area contributed by atoms with E-state index in [0.29, 0.717) is 40.6 Å².